The number of fused-ring (bicyclic) bond motifs is 2. The Hall–Kier alpha value is -4.22. The predicted molar refractivity (Wildman–Crippen MR) is 122 cm³/mol. The van der Waals surface area contributed by atoms with Crippen LogP contribution in [0, 0.1) is 0 Å². The number of benzene rings is 3. The number of amides is 1. The molecular formula is C23H17NO9S. The molecule has 0 radical (unpaired) electrons. The SMILES string of the molecule is O=C(NCCS(=O)(=O)O)c1ccc(-c2c3ccc(=O)cc-3oc3cc(O)ccc23)c(C(=O)O)c1. The van der Waals surface area contributed by atoms with Crippen LogP contribution in [0.15, 0.2) is 63.8 Å². The van der Waals surface area contributed by atoms with Crippen molar-refractivity contribution < 1.29 is 37.2 Å². The van der Waals surface area contributed by atoms with Gasteiger partial charge in [0.25, 0.3) is 16.0 Å². The van der Waals surface area contributed by atoms with Gasteiger partial charge in [-0.2, -0.15) is 8.42 Å². The van der Waals surface area contributed by atoms with Crippen molar-refractivity contribution in [2.45, 2.75) is 0 Å². The summed E-state index contributed by atoms with van der Waals surface area (Å²) < 4.78 is 36.2. The van der Waals surface area contributed by atoms with Crippen LogP contribution in [0.1, 0.15) is 20.7 Å². The van der Waals surface area contributed by atoms with E-state index in [9.17, 15) is 33.0 Å². The van der Waals surface area contributed by atoms with E-state index in [0.717, 1.165) is 6.07 Å². The molecule has 0 saturated heterocycles. The Balaban J connectivity index is 1.89. The highest BCUT2D eigenvalue weighted by Crippen LogP contribution is 2.42. The molecule has 4 N–H and O–H groups in total. The second-order valence-corrected chi connectivity index (χ2v) is 9.00. The third kappa shape index (κ3) is 4.60. The molecule has 11 heteroatoms. The summed E-state index contributed by atoms with van der Waals surface area (Å²) in [5.74, 6) is -2.65. The maximum absolute atomic E-state index is 12.4. The zero-order valence-electron chi connectivity index (χ0n) is 17.3. The van der Waals surface area contributed by atoms with Crippen molar-refractivity contribution in [1.82, 2.24) is 5.32 Å². The third-order valence-electron chi connectivity index (χ3n) is 5.10. The van der Waals surface area contributed by atoms with Crippen molar-refractivity contribution >= 4 is 33.0 Å². The number of carboxylic acid groups (broad SMARTS) is 1. The topological polar surface area (TPSA) is 171 Å². The zero-order valence-corrected chi connectivity index (χ0v) is 18.1. The van der Waals surface area contributed by atoms with Crippen LogP contribution in [0.4, 0.5) is 0 Å². The van der Waals surface area contributed by atoms with Crippen molar-refractivity contribution in [3.05, 3.63) is 75.9 Å². The van der Waals surface area contributed by atoms with Gasteiger partial charge in [-0.25, -0.2) is 4.79 Å². The van der Waals surface area contributed by atoms with Crippen molar-refractivity contribution in [3.63, 3.8) is 0 Å². The quantitative estimate of drug-likeness (QED) is 0.238. The smallest absolute Gasteiger partial charge is 0.336 e. The summed E-state index contributed by atoms with van der Waals surface area (Å²) in [6, 6.07) is 12.3. The summed E-state index contributed by atoms with van der Waals surface area (Å²) >= 11 is 0. The highest BCUT2D eigenvalue weighted by molar-refractivity contribution is 7.85. The van der Waals surface area contributed by atoms with E-state index in [-0.39, 0.29) is 45.8 Å². The molecule has 2 aromatic carbocycles. The van der Waals surface area contributed by atoms with Gasteiger partial charge < -0.3 is 19.9 Å². The number of rotatable bonds is 6. The molecule has 0 fully saturated rings. The normalized spacial score (nSPS) is 11.6. The van der Waals surface area contributed by atoms with E-state index in [1.807, 2.05) is 0 Å². The monoisotopic (exact) mass is 483 g/mol. The molecule has 174 valence electrons. The first-order valence-electron chi connectivity index (χ1n) is 9.84. The van der Waals surface area contributed by atoms with E-state index in [2.05, 4.69) is 5.32 Å². The Kier molecular flexibility index (Phi) is 5.82. The van der Waals surface area contributed by atoms with E-state index < -0.39 is 27.7 Å². The van der Waals surface area contributed by atoms with Gasteiger partial charge >= 0.3 is 5.97 Å². The van der Waals surface area contributed by atoms with Gasteiger partial charge in [0.1, 0.15) is 17.1 Å². The first-order chi connectivity index (χ1) is 16.0. The van der Waals surface area contributed by atoms with Crippen LogP contribution < -0.4 is 10.7 Å². The van der Waals surface area contributed by atoms with Crippen LogP contribution in [0.3, 0.4) is 0 Å². The summed E-state index contributed by atoms with van der Waals surface area (Å²) in [6.07, 6.45) is 0. The number of aromatic hydroxyl groups is 1. The lowest BCUT2D eigenvalue weighted by Crippen LogP contribution is -2.29. The van der Waals surface area contributed by atoms with E-state index >= 15 is 0 Å². The second kappa shape index (κ2) is 8.61. The number of carbonyl (C=O) groups is 2. The first-order valence-corrected chi connectivity index (χ1v) is 11.4. The molecule has 2 aliphatic rings. The van der Waals surface area contributed by atoms with E-state index in [0.29, 0.717) is 16.5 Å². The van der Waals surface area contributed by atoms with Crippen LogP contribution in [0.5, 0.6) is 5.75 Å². The van der Waals surface area contributed by atoms with E-state index in [1.54, 1.807) is 6.07 Å². The van der Waals surface area contributed by atoms with Gasteiger partial charge in [0.15, 0.2) is 5.43 Å². The minimum absolute atomic E-state index is 0.0368. The molecule has 1 heterocycles. The zero-order chi connectivity index (χ0) is 24.6. The minimum atomic E-state index is -4.27. The average molecular weight is 483 g/mol. The predicted octanol–water partition coefficient (Wildman–Crippen LogP) is 2.59. The molecule has 0 saturated carbocycles. The summed E-state index contributed by atoms with van der Waals surface area (Å²) in [6.45, 7) is -0.363. The van der Waals surface area contributed by atoms with Crippen LogP contribution in [-0.2, 0) is 10.1 Å². The van der Waals surface area contributed by atoms with Gasteiger partial charge in [0.2, 0.25) is 0 Å². The summed E-state index contributed by atoms with van der Waals surface area (Å²) in [7, 11) is -4.27. The molecule has 1 aliphatic heterocycles. The number of nitrogens with one attached hydrogen (secondary N) is 1. The van der Waals surface area contributed by atoms with Crippen molar-refractivity contribution in [3.8, 4) is 28.2 Å². The fourth-order valence-corrected chi connectivity index (χ4v) is 3.99. The van der Waals surface area contributed by atoms with Crippen LogP contribution in [0.25, 0.3) is 33.4 Å². The molecule has 0 aromatic heterocycles. The molecular weight excluding hydrogens is 466 g/mol. The Morgan fingerprint density at radius 3 is 2.41 bits per heavy atom. The van der Waals surface area contributed by atoms with Gasteiger partial charge in [-0.3, -0.25) is 14.1 Å². The van der Waals surface area contributed by atoms with Gasteiger partial charge in [0.05, 0.1) is 11.3 Å². The van der Waals surface area contributed by atoms with E-state index in [1.165, 1.54) is 42.5 Å². The number of aromatic carboxylic acids is 1. The number of carbonyl (C=O) groups excluding carboxylic acids is 1. The van der Waals surface area contributed by atoms with Crippen molar-refractivity contribution in [1.29, 1.82) is 0 Å². The Labute approximate surface area is 192 Å². The van der Waals surface area contributed by atoms with E-state index in [4.69, 9.17) is 8.97 Å². The average Bonchev–Trinajstić information content (AvgIpc) is 2.76. The molecule has 1 aliphatic carbocycles. The molecule has 0 unspecified atom stereocenters. The minimum Gasteiger partial charge on any atom is -0.508 e. The van der Waals surface area contributed by atoms with Gasteiger partial charge in [-0.05, 0) is 42.0 Å². The number of carboxylic acids is 1. The number of phenols is 1. The van der Waals surface area contributed by atoms with Crippen LogP contribution >= 0.6 is 0 Å². The molecule has 4 rings (SSSR count). The number of phenolic OH excluding ortho intramolecular Hbond substituents is 1. The largest absolute Gasteiger partial charge is 0.508 e. The highest BCUT2D eigenvalue weighted by atomic mass is 32.2. The Morgan fingerprint density at radius 2 is 1.71 bits per heavy atom. The standard InChI is InChI=1S/C23H17NO9S/c25-13-2-5-16-19(10-13)33-20-11-14(26)3-6-17(20)21(16)15-4-1-12(9-18(15)23(28)29)22(27)24-7-8-34(30,31)32/h1-6,9-11,25H,7-8H2,(H,24,27)(H,28,29)(H,30,31,32). The molecule has 34 heavy (non-hydrogen) atoms. The molecule has 1 amide bonds. The molecule has 2 aromatic rings. The lowest BCUT2D eigenvalue weighted by molar-refractivity contribution is 0.0697. The van der Waals surface area contributed by atoms with Crippen molar-refractivity contribution in [2.75, 3.05) is 12.3 Å². The second-order valence-electron chi connectivity index (χ2n) is 7.42. The lowest BCUT2D eigenvalue weighted by Gasteiger charge is -2.17. The Bertz CT molecular complexity index is 1590. The van der Waals surface area contributed by atoms with Gasteiger partial charge in [-0.1, -0.05) is 6.07 Å². The first kappa shape index (κ1) is 23.0. The molecule has 0 atom stereocenters. The maximum atomic E-state index is 12.4. The van der Waals surface area contributed by atoms with Crippen LogP contribution in [-0.4, -0.2) is 47.4 Å². The van der Waals surface area contributed by atoms with Gasteiger partial charge in [0, 0.05) is 40.8 Å². The number of hydrogen-bond donors (Lipinski definition) is 4. The molecule has 10 nitrogen and oxygen atoms in total. The molecule has 0 bridgehead atoms. The third-order valence-corrected chi connectivity index (χ3v) is 5.82. The maximum Gasteiger partial charge on any atom is 0.336 e. The summed E-state index contributed by atoms with van der Waals surface area (Å²) in [5.41, 5.74) is 0.740. The fraction of sp³-hybridized carbons (Fsp3) is 0.0870. The summed E-state index contributed by atoms with van der Waals surface area (Å²) in [5, 5.41) is 22.5. The highest BCUT2D eigenvalue weighted by Gasteiger charge is 2.23. The van der Waals surface area contributed by atoms with Crippen molar-refractivity contribution in [2.24, 2.45) is 0 Å². The van der Waals surface area contributed by atoms with Gasteiger partial charge in [-0.15, -0.1) is 0 Å². The summed E-state index contributed by atoms with van der Waals surface area (Å²) in [4.78, 5) is 36.4. The van der Waals surface area contributed by atoms with Crippen LogP contribution in [0.2, 0.25) is 0 Å². The fourth-order valence-electron chi connectivity index (χ4n) is 3.63. The lowest BCUT2D eigenvalue weighted by atomic mass is 9.90. The number of hydrogen-bond acceptors (Lipinski definition) is 7. The Morgan fingerprint density at radius 1 is 0.971 bits per heavy atom. The molecule has 0 spiro atoms.